The van der Waals surface area contributed by atoms with E-state index in [1.807, 2.05) is 25.1 Å². The lowest BCUT2D eigenvalue weighted by atomic mass is 10.1. The molecule has 2 aromatic heterocycles. The highest BCUT2D eigenvalue weighted by Gasteiger charge is 2.16. The molecule has 0 aliphatic rings. The molecule has 2 heterocycles. The van der Waals surface area contributed by atoms with Gasteiger partial charge in [0, 0.05) is 12.8 Å². The molecule has 1 aromatic carbocycles. The molecular weight excluding hydrogens is 370 g/mol. The molecule has 0 saturated heterocycles. The monoisotopic (exact) mass is 389 g/mol. The molecule has 0 aliphatic heterocycles. The highest BCUT2D eigenvalue weighted by Crippen LogP contribution is 2.24. The largest absolute Gasteiger partial charge is 0.493 e. The number of nitro groups is 1. The zero-order chi connectivity index (χ0) is 19.2. The summed E-state index contributed by atoms with van der Waals surface area (Å²) in [6.45, 7) is 2.88. The first kappa shape index (κ1) is 18.8. The van der Waals surface area contributed by atoms with Crippen molar-refractivity contribution in [2.45, 2.75) is 25.0 Å². The summed E-state index contributed by atoms with van der Waals surface area (Å²) in [4.78, 5) is 14.3. The summed E-state index contributed by atoms with van der Waals surface area (Å²) in [6, 6.07) is 5.73. The smallest absolute Gasteiger partial charge is 0.434 e. The number of hydrogen-bond acceptors (Lipinski definition) is 8. The van der Waals surface area contributed by atoms with E-state index in [4.69, 9.17) is 4.74 Å². The summed E-state index contributed by atoms with van der Waals surface area (Å²) >= 11 is 1.58. The van der Waals surface area contributed by atoms with Crippen molar-refractivity contribution in [3.8, 4) is 5.75 Å². The molecule has 0 aliphatic carbocycles. The van der Waals surface area contributed by atoms with Crippen LogP contribution in [0.1, 0.15) is 17.5 Å². The van der Waals surface area contributed by atoms with E-state index in [1.165, 1.54) is 10.8 Å². The van der Waals surface area contributed by atoms with Crippen LogP contribution in [0.5, 0.6) is 5.75 Å². The molecule has 0 unspecified atom stereocenters. The van der Waals surface area contributed by atoms with Gasteiger partial charge in [0.25, 0.3) is 0 Å². The first-order valence-electron chi connectivity index (χ1n) is 8.28. The molecule has 0 bridgehead atoms. The van der Waals surface area contributed by atoms with E-state index in [2.05, 4.69) is 20.5 Å². The Labute approximate surface area is 159 Å². The predicted octanol–water partition coefficient (Wildman–Crippen LogP) is 2.23. The van der Waals surface area contributed by atoms with Crippen LogP contribution in [0, 0.1) is 17.0 Å². The van der Waals surface area contributed by atoms with Crippen LogP contribution in [0.3, 0.4) is 0 Å². The minimum atomic E-state index is -0.486. The number of rotatable bonds is 9. The molecule has 0 fully saturated rings. The summed E-state index contributed by atoms with van der Waals surface area (Å²) in [5, 5.41) is 23.1. The normalized spacial score (nSPS) is 10.9. The third kappa shape index (κ3) is 4.61. The molecule has 142 valence electrons. The average molecular weight is 389 g/mol. The van der Waals surface area contributed by atoms with Crippen molar-refractivity contribution in [1.82, 2.24) is 29.8 Å². The van der Waals surface area contributed by atoms with Crippen molar-refractivity contribution in [2.24, 2.45) is 7.05 Å². The van der Waals surface area contributed by atoms with Gasteiger partial charge in [0.15, 0.2) is 0 Å². The van der Waals surface area contributed by atoms with Gasteiger partial charge in [-0.2, -0.15) is 0 Å². The molecule has 0 N–H and O–H groups in total. The van der Waals surface area contributed by atoms with Gasteiger partial charge in [-0.25, -0.2) is 9.25 Å². The molecule has 0 spiro atoms. The van der Waals surface area contributed by atoms with Crippen LogP contribution >= 0.6 is 11.8 Å². The molecule has 3 aromatic rings. The number of aryl methyl sites for hydroxylation is 1. The van der Waals surface area contributed by atoms with Crippen molar-refractivity contribution < 1.29 is 9.66 Å². The molecule has 0 saturated carbocycles. The minimum absolute atomic E-state index is 0.170. The van der Waals surface area contributed by atoms with Crippen molar-refractivity contribution >= 4 is 17.7 Å². The topological polar surface area (TPSA) is 114 Å². The minimum Gasteiger partial charge on any atom is -0.493 e. The summed E-state index contributed by atoms with van der Waals surface area (Å²) in [7, 11) is 1.80. The number of aromatic nitrogens is 6. The van der Waals surface area contributed by atoms with Crippen LogP contribution in [0.15, 0.2) is 35.7 Å². The molecule has 27 heavy (non-hydrogen) atoms. The van der Waals surface area contributed by atoms with E-state index in [9.17, 15) is 10.1 Å². The van der Waals surface area contributed by atoms with Gasteiger partial charge in [-0.3, -0.25) is 0 Å². The fraction of sp³-hybridized carbons (Fsp3) is 0.375. The lowest BCUT2D eigenvalue weighted by molar-refractivity contribution is -0.396. The van der Waals surface area contributed by atoms with Crippen molar-refractivity contribution in [3.05, 3.63) is 51.8 Å². The molecule has 11 heteroatoms. The van der Waals surface area contributed by atoms with Crippen molar-refractivity contribution in [1.29, 1.82) is 0 Å². The summed E-state index contributed by atoms with van der Waals surface area (Å²) in [5.74, 6) is 1.45. The van der Waals surface area contributed by atoms with Gasteiger partial charge in [-0.15, -0.1) is 5.10 Å². The van der Waals surface area contributed by atoms with Gasteiger partial charge >= 0.3 is 5.95 Å². The number of thioether (sulfide) groups is 1. The molecule has 10 nitrogen and oxygen atoms in total. The first-order chi connectivity index (χ1) is 13.1. The fourth-order valence-electron chi connectivity index (χ4n) is 2.52. The van der Waals surface area contributed by atoms with Gasteiger partial charge < -0.3 is 14.9 Å². The second-order valence-corrected chi connectivity index (χ2v) is 6.85. The van der Waals surface area contributed by atoms with Crippen LogP contribution < -0.4 is 4.74 Å². The number of tetrazole rings is 1. The van der Waals surface area contributed by atoms with Crippen molar-refractivity contribution in [2.75, 3.05) is 12.4 Å². The number of hydrogen-bond donors (Lipinski definition) is 0. The third-order valence-electron chi connectivity index (χ3n) is 3.95. The Morgan fingerprint density at radius 2 is 2.22 bits per heavy atom. The second-order valence-electron chi connectivity index (χ2n) is 5.79. The molecule has 0 radical (unpaired) electrons. The lowest BCUT2D eigenvalue weighted by Crippen LogP contribution is -2.07. The van der Waals surface area contributed by atoms with E-state index >= 15 is 0 Å². The summed E-state index contributed by atoms with van der Waals surface area (Å²) in [5.41, 5.74) is 1.92. The van der Waals surface area contributed by atoms with Crippen LogP contribution in [-0.4, -0.2) is 47.0 Å². The van der Waals surface area contributed by atoms with Crippen LogP contribution in [-0.2, 0) is 13.6 Å². The standard InChI is InChI=1S/C16H19N7O3S/c1-12-13(11-22-8-7-17-15(22)23(24)25)5-3-6-14(12)26-9-4-10-27-16-18-19-20-21(16)2/h3,5-8H,4,9-11H2,1-2H3. The Kier molecular flexibility index (Phi) is 6.01. The number of ether oxygens (including phenoxy) is 1. The van der Waals surface area contributed by atoms with Gasteiger partial charge in [-0.1, -0.05) is 28.9 Å². The number of benzene rings is 1. The fourth-order valence-corrected chi connectivity index (χ4v) is 3.28. The van der Waals surface area contributed by atoms with Crippen LogP contribution in [0.2, 0.25) is 0 Å². The van der Waals surface area contributed by atoms with E-state index in [0.717, 1.165) is 34.2 Å². The zero-order valence-electron chi connectivity index (χ0n) is 15.0. The Bertz CT molecular complexity index is 924. The van der Waals surface area contributed by atoms with Crippen LogP contribution in [0.4, 0.5) is 5.95 Å². The highest BCUT2D eigenvalue weighted by atomic mass is 32.2. The Morgan fingerprint density at radius 1 is 1.37 bits per heavy atom. The predicted molar refractivity (Wildman–Crippen MR) is 98.8 cm³/mol. The quantitative estimate of drug-likeness (QED) is 0.237. The zero-order valence-corrected chi connectivity index (χ0v) is 15.8. The van der Waals surface area contributed by atoms with Crippen molar-refractivity contribution in [3.63, 3.8) is 0 Å². The van der Waals surface area contributed by atoms with E-state index < -0.39 is 4.92 Å². The highest BCUT2D eigenvalue weighted by molar-refractivity contribution is 7.99. The van der Waals surface area contributed by atoms with E-state index in [1.54, 1.807) is 29.7 Å². The summed E-state index contributed by atoms with van der Waals surface area (Å²) < 4.78 is 9.04. The SMILES string of the molecule is Cc1c(Cn2ccnc2[N+](=O)[O-])cccc1OCCCSc1nnnn1C. The lowest BCUT2D eigenvalue weighted by Gasteiger charge is -2.12. The maximum Gasteiger partial charge on any atom is 0.434 e. The maximum atomic E-state index is 11.0. The second kappa shape index (κ2) is 8.62. The van der Waals surface area contributed by atoms with Gasteiger partial charge in [0.05, 0.1) is 13.2 Å². The van der Waals surface area contributed by atoms with Gasteiger partial charge in [-0.05, 0) is 45.9 Å². The van der Waals surface area contributed by atoms with Gasteiger partial charge in [0.2, 0.25) is 5.16 Å². The van der Waals surface area contributed by atoms with Gasteiger partial charge in [0.1, 0.15) is 18.1 Å². The third-order valence-corrected chi connectivity index (χ3v) is 5.05. The Hall–Kier alpha value is -2.95. The Morgan fingerprint density at radius 3 is 2.96 bits per heavy atom. The number of nitrogens with zero attached hydrogens (tertiary/aromatic N) is 7. The summed E-state index contributed by atoms with van der Waals surface area (Å²) in [6.07, 6.45) is 3.87. The van der Waals surface area contributed by atoms with E-state index in [0.29, 0.717) is 13.2 Å². The molecular formula is C16H19N7O3S. The number of imidazole rings is 1. The van der Waals surface area contributed by atoms with E-state index in [-0.39, 0.29) is 5.95 Å². The molecule has 0 atom stereocenters. The Balaban J connectivity index is 1.55. The van der Waals surface area contributed by atoms with Crippen LogP contribution in [0.25, 0.3) is 0 Å². The average Bonchev–Trinajstić information content (AvgIpc) is 3.27. The molecule has 3 rings (SSSR count). The first-order valence-corrected chi connectivity index (χ1v) is 9.27. The molecule has 0 amide bonds. The maximum absolute atomic E-state index is 11.0.